The molecule has 0 spiro atoms. The van der Waals surface area contributed by atoms with Gasteiger partial charge in [0, 0.05) is 42.3 Å². The minimum absolute atomic E-state index is 0.0397. The van der Waals surface area contributed by atoms with E-state index in [1.165, 1.54) is 6.08 Å². The fraction of sp³-hybridized carbons (Fsp3) is 0.346. The lowest BCUT2D eigenvalue weighted by atomic mass is 9.91. The van der Waals surface area contributed by atoms with Crippen LogP contribution in [0.5, 0.6) is 11.5 Å². The number of ether oxygens (including phenoxy) is 2. The average Bonchev–Trinajstić information content (AvgIpc) is 3.31. The van der Waals surface area contributed by atoms with Gasteiger partial charge in [0.15, 0.2) is 0 Å². The normalized spacial score (nSPS) is 15.5. The molecule has 1 atom stereocenters. The number of nitrogens with zero attached hydrogens (tertiary/aromatic N) is 3. The van der Waals surface area contributed by atoms with Crippen LogP contribution in [-0.4, -0.2) is 54.1 Å². The number of amides is 1. The fourth-order valence-corrected chi connectivity index (χ4v) is 4.57. The van der Waals surface area contributed by atoms with Gasteiger partial charge in [-0.1, -0.05) is 19.6 Å². The van der Waals surface area contributed by atoms with Gasteiger partial charge in [0.05, 0.1) is 19.7 Å². The predicted octanol–water partition coefficient (Wildman–Crippen LogP) is 4.38. The topological polar surface area (TPSA) is 76.6 Å². The highest BCUT2D eigenvalue weighted by Crippen LogP contribution is 2.40. The number of carbonyl (C=O) groups excluding carboxylic acids is 1. The van der Waals surface area contributed by atoms with Crippen molar-refractivity contribution < 1.29 is 14.3 Å². The van der Waals surface area contributed by atoms with Gasteiger partial charge in [0.25, 0.3) is 0 Å². The third kappa shape index (κ3) is 4.35. The summed E-state index contributed by atoms with van der Waals surface area (Å²) in [6, 6.07) is 8.29. The van der Waals surface area contributed by atoms with Crippen LogP contribution in [0.2, 0.25) is 0 Å². The van der Waals surface area contributed by atoms with Gasteiger partial charge in [0.2, 0.25) is 11.9 Å². The van der Waals surface area contributed by atoms with Gasteiger partial charge < -0.3 is 19.7 Å². The predicted molar refractivity (Wildman–Crippen MR) is 131 cm³/mol. The van der Waals surface area contributed by atoms with E-state index in [1.54, 1.807) is 19.1 Å². The second kappa shape index (κ2) is 9.48. The Hall–Kier alpha value is -3.61. The first-order valence-corrected chi connectivity index (χ1v) is 11.2. The Morgan fingerprint density at radius 1 is 1.27 bits per heavy atom. The molecule has 1 N–H and O–H groups in total. The molecule has 0 saturated carbocycles. The molecule has 1 aliphatic rings. The van der Waals surface area contributed by atoms with Crippen LogP contribution in [0.25, 0.3) is 22.0 Å². The number of fused-ring (bicyclic) bond motifs is 1. The molecule has 2 heterocycles. The minimum atomic E-state index is -0.0397. The van der Waals surface area contributed by atoms with Crippen molar-refractivity contribution in [2.45, 2.75) is 32.7 Å². The summed E-state index contributed by atoms with van der Waals surface area (Å²) < 4.78 is 11.3. The Balaban J connectivity index is 1.64. The Morgan fingerprint density at radius 3 is 2.76 bits per heavy atom. The van der Waals surface area contributed by atoms with Gasteiger partial charge in [-0.25, -0.2) is 9.97 Å². The van der Waals surface area contributed by atoms with Gasteiger partial charge in [-0.05, 0) is 54.7 Å². The first-order valence-electron chi connectivity index (χ1n) is 11.2. The number of anilines is 1. The zero-order valence-corrected chi connectivity index (χ0v) is 19.6. The molecule has 0 bridgehead atoms. The molecule has 172 valence electrons. The summed E-state index contributed by atoms with van der Waals surface area (Å²) in [6.07, 6.45) is 4.90. The maximum absolute atomic E-state index is 11.8. The van der Waals surface area contributed by atoms with Crippen LogP contribution >= 0.6 is 0 Å². The van der Waals surface area contributed by atoms with Crippen LogP contribution in [0.15, 0.2) is 43.1 Å². The van der Waals surface area contributed by atoms with Crippen LogP contribution in [0.3, 0.4) is 0 Å². The molecule has 4 rings (SSSR count). The molecule has 33 heavy (non-hydrogen) atoms. The summed E-state index contributed by atoms with van der Waals surface area (Å²) in [5, 5.41) is 4.32. The number of benzene rings is 2. The van der Waals surface area contributed by atoms with E-state index < -0.39 is 0 Å². The maximum Gasteiger partial charge on any atom is 0.246 e. The van der Waals surface area contributed by atoms with Crippen molar-refractivity contribution in [2.24, 2.45) is 0 Å². The van der Waals surface area contributed by atoms with Crippen molar-refractivity contribution >= 4 is 22.8 Å². The third-order valence-electron chi connectivity index (χ3n) is 6.28. The van der Waals surface area contributed by atoms with Crippen molar-refractivity contribution in [1.29, 1.82) is 0 Å². The summed E-state index contributed by atoms with van der Waals surface area (Å²) in [7, 11) is 3.36. The molecule has 7 heteroatoms. The van der Waals surface area contributed by atoms with Crippen LogP contribution in [0.1, 0.15) is 24.5 Å². The molecular formula is C26H30N4O3. The zero-order valence-electron chi connectivity index (χ0n) is 19.6. The molecule has 1 saturated heterocycles. The second-order valence-electron chi connectivity index (χ2n) is 8.20. The Labute approximate surface area is 194 Å². The molecular weight excluding hydrogens is 416 g/mol. The van der Waals surface area contributed by atoms with E-state index in [1.807, 2.05) is 18.3 Å². The smallest absolute Gasteiger partial charge is 0.246 e. The highest BCUT2D eigenvalue weighted by Gasteiger charge is 2.25. The first kappa shape index (κ1) is 22.6. The lowest BCUT2D eigenvalue weighted by molar-refractivity contribution is -0.125. The van der Waals surface area contributed by atoms with E-state index in [9.17, 15) is 4.79 Å². The Morgan fingerprint density at radius 2 is 2.06 bits per heavy atom. The second-order valence-corrected chi connectivity index (χ2v) is 8.20. The first-order chi connectivity index (χ1) is 16.0. The van der Waals surface area contributed by atoms with E-state index in [-0.39, 0.29) is 11.9 Å². The SMILES string of the molecule is C=CC(=O)N1CCC(Nc2ncc3cc(-c4c(C)c(OC)cc(OC)c4CC)ccc3n2)C1. The van der Waals surface area contributed by atoms with Crippen LogP contribution in [0, 0.1) is 6.92 Å². The van der Waals surface area contributed by atoms with Crippen LogP contribution in [0.4, 0.5) is 5.95 Å². The summed E-state index contributed by atoms with van der Waals surface area (Å²) in [5.41, 5.74) is 5.28. The zero-order chi connectivity index (χ0) is 23.5. The third-order valence-corrected chi connectivity index (χ3v) is 6.28. The fourth-order valence-electron chi connectivity index (χ4n) is 4.57. The molecule has 1 amide bonds. The minimum Gasteiger partial charge on any atom is -0.496 e. The molecule has 7 nitrogen and oxygen atoms in total. The number of carbonyl (C=O) groups is 1. The number of aromatic nitrogens is 2. The number of methoxy groups -OCH3 is 2. The molecule has 1 fully saturated rings. The largest absolute Gasteiger partial charge is 0.496 e. The van der Waals surface area contributed by atoms with Gasteiger partial charge in [-0.2, -0.15) is 0 Å². The quantitative estimate of drug-likeness (QED) is 0.543. The Kier molecular flexibility index (Phi) is 6.49. The number of hydrogen-bond acceptors (Lipinski definition) is 6. The lowest BCUT2D eigenvalue weighted by Crippen LogP contribution is -2.30. The molecule has 3 aromatic rings. The molecule has 0 aliphatic carbocycles. The summed E-state index contributed by atoms with van der Waals surface area (Å²) in [6.45, 7) is 9.10. The number of likely N-dealkylation sites (tertiary alicyclic amines) is 1. The Bertz CT molecular complexity index is 1210. The van der Waals surface area contributed by atoms with Crippen molar-refractivity contribution in [3.05, 3.63) is 54.2 Å². The number of rotatable bonds is 7. The summed E-state index contributed by atoms with van der Waals surface area (Å²) in [4.78, 5) is 22.8. The summed E-state index contributed by atoms with van der Waals surface area (Å²) in [5.74, 6) is 2.16. The highest BCUT2D eigenvalue weighted by molar-refractivity contribution is 5.88. The summed E-state index contributed by atoms with van der Waals surface area (Å²) >= 11 is 0. The van der Waals surface area contributed by atoms with Gasteiger partial charge >= 0.3 is 0 Å². The molecule has 0 radical (unpaired) electrons. The van der Waals surface area contributed by atoms with Crippen molar-refractivity contribution in [2.75, 3.05) is 32.6 Å². The standard InChI is InChI=1S/C26H30N4O3/c1-6-20-23(33-5)13-22(32-4)16(3)25(20)17-8-9-21-18(12-17)14-27-26(29-21)28-19-10-11-30(15-19)24(31)7-2/h7-9,12-14,19H,2,6,10-11,15H2,1,3-5H3,(H,27,28,29). The molecule has 1 unspecified atom stereocenters. The highest BCUT2D eigenvalue weighted by atomic mass is 16.5. The maximum atomic E-state index is 11.8. The van der Waals surface area contributed by atoms with Crippen molar-refractivity contribution in [1.82, 2.24) is 14.9 Å². The van der Waals surface area contributed by atoms with Gasteiger partial charge in [-0.3, -0.25) is 4.79 Å². The van der Waals surface area contributed by atoms with E-state index in [0.717, 1.165) is 57.5 Å². The number of hydrogen-bond donors (Lipinski definition) is 1. The van der Waals surface area contributed by atoms with Crippen molar-refractivity contribution in [3.63, 3.8) is 0 Å². The van der Waals surface area contributed by atoms with Crippen molar-refractivity contribution in [3.8, 4) is 22.6 Å². The van der Waals surface area contributed by atoms with E-state index in [0.29, 0.717) is 19.0 Å². The van der Waals surface area contributed by atoms with E-state index in [4.69, 9.17) is 14.5 Å². The monoisotopic (exact) mass is 446 g/mol. The molecule has 2 aromatic carbocycles. The van der Waals surface area contributed by atoms with E-state index in [2.05, 4.69) is 42.9 Å². The van der Waals surface area contributed by atoms with Crippen LogP contribution in [-0.2, 0) is 11.2 Å². The molecule has 1 aromatic heterocycles. The van der Waals surface area contributed by atoms with E-state index >= 15 is 0 Å². The van der Waals surface area contributed by atoms with Gasteiger partial charge in [-0.15, -0.1) is 0 Å². The number of nitrogens with one attached hydrogen (secondary N) is 1. The van der Waals surface area contributed by atoms with Gasteiger partial charge in [0.1, 0.15) is 11.5 Å². The molecule has 1 aliphatic heterocycles. The average molecular weight is 447 g/mol. The van der Waals surface area contributed by atoms with Crippen LogP contribution < -0.4 is 14.8 Å². The lowest BCUT2D eigenvalue weighted by Gasteiger charge is -2.19.